The highest BCUT2D eigenvalue weighted by Crippen LogP contribution is 2.14. The molecule has 104 valence electrons. The normalized spacial score (nSPS) is 16.7. The summed E-state index contributed by atoms with van der Waals surface area (Å²) in [5, 5.41) is 8.65. The monoisotopic (exact) mass is 258 g/mol. The first-order valence-electron chi connectivity index (χ1n) is 6.37. The Morgan fingerprint density at radius 1 is 1.39 bits per heavy atom. The number of carboxylic acids is 1. The number of likely N-dealkylation sites (tertiary alicyclic amines) is 1. The van der Waals surface area contributed by atoms with E-state index in [0.717, 1.165) is 12.8 Å². The van der Waals surface area contributed by atoms with Crippen LogP contribution in [0.1, 0.15) is 26.2 Å². The summed E-state index contributed by atoms with van der Waals surface area (Å²) in [5.41, 5.74) is 0. The van der Waals surface area contributed by atoms with Gasteiger partial charge in [-0.2, -0.15) is 0 Å². The lowest BCUT2D eigenvalue weighted by Crippen LogP contribution is -2.48. The fraction of sp³-hybridized carbons (Fsp3) is 0.833. The molecule has 0 aliphatic carbocycles. The van der Waals surface area contributed by atoms with Gasteiger partial charge in [0.15, 0.2) is 0 Å². The van der Waals surface area contributed by atoms with Gasteiger partial charge < -0.3 is 19.6 Å². The lowest BCUT2D eigenvalue weighted by molar-refractivity contribution is -0.137. The van der Waals surface area contributed by atoms with Crippen molar-refractivity contribution >= 4 is 12.0 Å². The van der Waals surface area contributed by atoms with Gasteiger partial charge in [0, 0.05) is 33.3 Å². The Morgan fingerprint density at radius 2 is 2.00 bits per heavy atom. The van der Waals surface area contributed by atoms with Crippen LogP contribution in [0.25, 0.3) is 0 Å². The maximum atomic E-state index is 12.2. The number of aliphatic carboxylic acids is 1. The molecule has 18 heavy (non-hydrogen) atoms. The number of rotatable bonds is 5. The largest absolute Gasteiger partial charge is 0.481 e. The lowest BCUT2D eigenvalue weighted by atomic mass is 10.1. The number of methoxy groups -OCH3 is 1. The van der Waals surface area contributed by atoms with Crippen LogP contribution in [-0.2, 0) is 9.53 Å². The van der Waals surface area contributed by atoms with Crippen LogP contribution in [0.3, 0.4) is 0 Å². The van der Waals surface area contributed by atoms with Crippen LogP contribution in [0, 0.1) is 0 Å². The second-order valence-electron chi connectivity index (χ2n) is 4.43. The zero-order valence-corrected chi connectivity index (χ0v) is 11.1. The highest BCUT2D eigenvalue weighted by Gasteiger charge is 2.25. The Hall–Kier alpha value is -1.30. The molecule has 1 N–H and O–H groups in total. The summed E-state index contributed by atoms with van der Waals surface area (Å²) >= 11 is 0. The molecule has 0 radical (unpaired) electrons. The number of hydrogen-bond acceptors (Lipinski definition) is 3. The van der Waals surface area contributed by atoms with E-state index in [-0.39, 0.29) is 25.1 Å². The summed E-state index contributed by atoms with van der Waals surface area (Å²) in [7, 11) is 1.69. The maximum Gasteiger partial charge on any atom is 0.320 e. The van der Waals surface area contributed by atoms with E-state index in [1.807, 2.05) is 6.92 Å². The molecule has 0 saturated carbocycles. The standard InChI is InChI=1S/C12H22N2O4/c1-3-13(9-6-11(15)16)12(17)14-7-4-10(18-2)5-8-14/h10H,3-9H2,1-2H3,(H,15,16). The summed E-state index contributed by atoms with van der Waals surface area (Å²) in [6, 6.07) is -0.0618. The fourth-order valence-corrected chi connectivity index (χ4v) is 2.10. The van der Waals surface area contributed by atoms with Gasteiger partial charge in [0.2, 0.25) is 0 Å². The molecule has 1 heterocycles. The van der Waals surface area contributed by atoms with Crippen LogP contribution in [-0.4, -0.2) is 66.3 Å². The Balaban J connectivity index is 2.44. The Morgan fingerprint density at radius 3 is 2.44 bits per heavy atom. The molecule has 1 rings (SSSR count). The zero-order valence-electron chi connectivity index (χ0n) is 11.1. The minimum atomic E-state index is -0.876. The minimum absolute atomic E-state index is 0.00584. The predicted molar refractivity (Wildman–Crippen MR) is 66.5 cm³/mol. The molecule has 6 nitrogen and oxygen atoms in total. The number of carbonyl (C=O) groups excluding carboxylic acids is 1. The zero-order chi connectivity index (χ0) is 13.5. The van der Waals surface area contributed by atoms with Crippen molar-refractivity contribution in [3.05, 3.63) is 0 Å². The number of ether oxygens (including phenoxy) is 1. The molecule has 1 aliphatic rings. The molecule has 0 atom stereocenters. The third-order valence-electron chi connectivity index (χ3n) is 3.29. The van der Waals surface area contributed by atoms with Gasteiger partial charge in [-0.25, -0.2) is 4.79 Å². The van der Waals surface area contributed by atoms with Gasteiger partial charge in [-0.05, 0) is 19.8 Å². The Labute approximate surface area is 107 Å². The van der Waals surface area contributed by atoms with E-state index in [2.05, 4.69) is 0 Å². The van der Waals surface area contributed by atoms with Gasteiger partial charge in [-0.1, -0.05) is 0 Å². The molecule has 2 amide bonds. The SMILES string of the molecule is CCN(CCC(=O)O)C(=O)N1CCC(OC)CC1. The average molecular weight is 258 g/mol. The van der Waals surface area contributed by atoms with Crippen LogP contribution in [0.15, 0.2) is 0 Å². The minimum Gasteiger partial charge on any atom is -0.481 e. The molecule has 0 bridgehead atoms. The number of carboxylic acid groups (broad SMARTS) is 1. The van der Waals surface area contributed by atoms with Crippen molar-refractivity contribution in [1.82, 2.24) is 9.80 Å². The van der Waals surface area contributed by atoms with Gasteiger partial charge in [-0.15, -0.1) is 0 Å². The van der Waals surface area contributed by atoms with Crippen molar-refractivity contribution in [1.29, 1.82) is 0 Å². The second-order valence-corrected chi connectivity index (χ2v) is 4.43. The quantitative estimate of drug-likeness (QED) is 0.799. The molecule has 1 aliphatic heterocycles. The fourth-order valence-electron chi connectivity index (χ4n) is 2.10. The molecule has 0 aromatic rings. The average Bonchev–Trinajstić information content (AvgIpc) is 2.39. The smallest absolute Gasteiger partial charge is 0.320 e. The van der Waals surface area contributed by atoms with E-state index in [1.54, 1.807) is 16.9 Å². The van der Waals surface area contributed by atoms with Gasteiger partial charge in [0.1, 0.15) is 0 Å². The molecule has 0 aromatic heterocycles. The van der Waals surface area contributed by atoms with E-state index >= 15 is 0 Å². The van der Waals surface area contributed by atoms with Gasteiger partial charge in [0.25, 0.3) is 0 Å². The van der Waals surface area contributed by atoms with Crippen molar-refractivity contribution in [2.45, 2.75) is 32.3 Å². The Kier molecular flexibility index (Phi) is 5.91. The van der Waals surface area contributed by atoms with E-state index in [0.29, 0.717) is 19.6 Å². The van der Waals surface area contributed by atoms with Crippen molar-refractivity contribution in [3.63, 3.8) is 0 Å². The molecule has 1 fully saturated rings. The van der Waals surface area contributed by atoms with Crippen LogP contribution in [0.4, 0.5) is 4.79 Å². The van der Waals surface area contributed by atoms with E-state index in [1.165, 1.54) is 0 Å². The number of urea groups is 1. The molecule has 1 saturated heterocycles. The van der Waals surface area contributed by atoms with Crippen LogP contribution in [0.2, 0.25) is 0 Å². The number of hydrogen-bond donors (Lipinski definition) is 1. The predicted octanol–water partition coefficient (Wildman–Crippen LogP) is 1.01. The van der Waals surface area contributed by atoms with Crippen LogP contribution < -0.4 is 0 Å². The highest BCUT2D eigenvalue weighted by atomic mass is 16.5. The molecule has 6 heteroatoms. The Bertz CT molecular complexity index is 288. The number of nitrogens with zero attached hydrogens (tertiary/aromatic N) is 2. The number of amides is 2. The van der Waals surface area contributed by atoms with Crippen molar-refractivity contribution in [2.75, 3.05) is 33.3 Å². The summed E-state index contributed by atoms with van der Waals surface area (Å²) in [6.07, 6.45) is 1.93. The number of piperidine rings is 1. The van der Waals surface area contributed by atoms with Crippen molar-refractivity contribution in [3.8, 4) is 0 Å². The molecule has 0 unspecified atom stereocenters. The summed E-state index contributed by atoms with van der Waals surface area (Å²) in [6.45, 7) is 4.04. The molecular formula is C12H22N2O4. The van der Waals surface area contributed by atoms with E-state index < -0.39 is 5.97 Å². The van der Waals surface area contributed by atoms with Gasteiger partial charge in [-0.3, -0.25) is 4.79 Å². The van der Waals surface area contributed by atoms with Crippen LogP contribution in [0.5, 0.6) is 0 Å². The maximum absolute atomic E-state index is 12.2. The first-order valence-corrected chi connectivity index (χ1v) is 6.37. The lowest BCUT2D eigenvalue weighted by Gasteiger charge is -2.34. The summed E-state index contributed by atoms with van der Waals surface area (Å²) in [4.78, 5) is 26.1. The topological polar surface area (TPSA) is 70.1 Å². The van der Waals surface area contributed by atoms with E-state index in [4.69, 9.17) is 9.84 Å². The van der Waals surface area contributed by atoms with Crippen molar-refractivity contribution in [2.24, 2.45) is 0 Å². The molecular weight excluding hydrogens is 236 g/mol. The first kappa shape index (κ1) is 14.8. The molecule has 0 spiro atoms. The van der Waals surface area contributed by atoms with Crippen LogP contribution >= 0.6 is 0 Å². The van der Waals surface area contributed by atoms with Crippen molar-refractivity contribution < 1.29 is 19.4 Å². The second kappa shape index (κ2) is 7.20. The third-order valence-corrected chi connectivity index (χ3v) is 3.29. The molecule has 0 aromatic carbocycles. The van der Waals surface area contributed by atoms with Gasteiger partial charge in [0.05, 0.1) is 12.5 Å². The van der Waals surface area contributed by atoms with Gasteiger partial charge >= 0.3 is 12.0 Å². The van der Waals surface area contributed by atoms with E-state index in [9.17, 15) is 9.59 Å². The third kappa shape index (κ3) is 4.18. The highest BCUT2D eigenvalue weighted by molar-refractivity contribution is 5.75. The first-order chi connectivity index (χ1) is 8.58. The number of carbonyl (C=O) groups is 2. The summed E-state index contributed by atoms with van der Waals surface area (Å²) in [5.74, 6) is -0.876. The summed E-state index contributed by atoms with van der Waals surface area (Å²) < 4.78 is 5.26.